The highest BCUT2D eigenvalue weighted by atomic mass is 16.6. The van der Waals surface area contributed by atoms with Crippen molar-refractivity contribution in [2.75, 3.05) is 286 Å². The summed E-state index contributed by atoms with van der Waals surface area (Å²) in [6, 6.07) is 55.6. The minimum absolute atomic E-state index is 0.00193. The number of methoxy groups -OCH3 is 6. The Hall–Kier alpha value is -9.60. The summed E-state index contributed by atoms with van der Waals surface area (Å²) in [4.78, 5) is 29.1. The highest BCUT2D eigenvalue weighted by Crippen LogP contribution is 2.65. The fraction of sp³-hybridized carbons (Fsp3) is 0.460. The molecule has 2 amide bonds. The van der Waals surface area contributed by atoms with Crippen LogP contribution < -0.4 is 25.3 Å². The molecule has 28 nitrogen and oxygen atoms in total. The number of allylic oxidation sites excluding steroid dienone is 2. The maximum absolute atomic E-state index is 15.3. The number of nitrogens with one attached hydrogen (secondary N) is 1. The molecule has 128 heavy (non-hydrogen) atoms. The molecule has 0 heterocycles. The second-order valence-corrected chi connectivity index (χ2v) is 29.5. The number of carbonyl (C=O) groups is 2. The standard InChI is InChI=1S/C100H124N2O26/c1-105-33-39-111-45-51-117-57-63-123-88-70-79(71-89(124-64-58-118-52-46-112-40-34-106-2)96(88)127-67-61-121-55-49-115-43-37-109-5)98(104)102-80-29-27-75(28-30-80)92-93-83-22-12-15-25-86(83)99(87-26-16-13-23-84(87)93,95(92)94-81-20-10-7-18-76(81)69-77-19-8-11-21-82(77)94)32-31-74-17-9-14-24-85(74)100(128-68-62-122-56-50-116-44-38-110-6)90(125-65-59-119-53-47-113-41-35-107-3)72-78(97(101)103)73-91(100)126-66-60-120-54-48-114-42-36-108-4/h7-30,69-73,90,93H,33-68H2,1-6H3,(H2,101,103)(H,102,104). The summed E-state index contributed by atoms with van der Waals surface area (Å²) in [6.07, 6.45) is 2.17. The summed E-state index contributed by atoms with van der Waals surface area (Å²) in [5.74, 6) is 7.54. The van der Waals surface area contributed by atoms with Crippen molar-refractivity contribution in [1.82, 2.24) is 0 Å². The van der Waals surface area contributed by atoms with Crippen molar-refractivity contribution in [3.05, 3.63) is 237 Å². The fourth-order valence-electron chi connectivity index (χ4n) is 15.4. The maximum Gasteiger partial charge on any atom is 0.255 e. The van der Waals surface area contributed by atoms with Crippen LogP contribution in [0.2, 0.25) is 0 Å². The molecule has 2 unspecified atom stereocenters. The number of hydrogen-bond acceptors (Lipinski definition) is 26. The molecule has 3 N–H and O–H groups in total. The highest BCUT2D eigenvalue weighted by molar-refractivity contribution is 6.19. The maximum atomic E-state index is 15.3. The average molecular weight is 1770 g/mol. The Labute approximate surface area is 750 Å². The number of anilines is 1. The van der Waals surface area contributed by atoms with Crippen LogP contribution in [-0.4, -0.2) is 298 Å². The second kappa shape index (κ2) is 55.4. The van der Waals surface area contributed by atoms with Crippen LogP contribution in [0.1, 0.15) is 60.8 Å². The predicted octanol–water partition coefficient (Wildman–Crippen LogP) is 11.8. The topological polar surface area (TPSA) is 294 Å². The molecule has 0 aromatic heterocycles. The SMILES string of the molecule is COCCOCCOCCOC1=CC(C(N)=O)=CC(OCCOCCOCCOC)C1(OCCOCCOCCOC)c1ccccc1C#CC12C(c3c4ccccc4cc4ccccc34)=C(c3ccc(NC(=O)c4cc(OCCOCCOCCOC)c(OCCOCCOCCOC)c(OCCOCCOCCOC)c4)cc3)C(c3ccccc31)c1ccccc12. The number of fused-ring (bicyclic) bond motifs is 2. The number of nitrogens with two attached hydrogens (primary N) is 1. The minimum Gasteiger partial charge on any atom is -0.492 e. The molecule has 0 aliphatic heterocycles. The van der Waals surface area contributed by atoms with E-state index in [1.54, 1.807) is 66.9 Å². The van der Waals surface area contributed by atoms with E-state index in [2.05, 4.69) is 132 Å². The molecule has 2 atom stereocenters. The van der Waals surface area contributed by atoms with Crippen LogP contribution in [0.4, 0.5) is 5.69 Å². The summed E-state index contributed by atoms with van der Waals surface area (Å²) >= 11 is 0. The van der Waals surface area contributed by atoms with Crippen LogP contribution in [0.25, 0.3) is 32.7 Å². The van der Waals surface area contributed by atoms with Crippen LogP contribution >= 0.6 is 0 Å². The monoisotopic (exact) mass is 1770 g/mol. The van der Waals surface area contributed by atoms with E-state index in [0.717, 1.165) is 66.1 Å². The first-order valence-electron chi connectivity index (χ1n) is 43.6. The number of hydrogen-bond donors (Lipinski definition) is 2. The van der Waals surface area contributed by atoms with Crippen molar-refractivity contribution >= 4 is 50.2 Å². The molecule has 4 aliphatic carbocycles. The second-order valence-electron chi connectivity index (χ2n) is 29.5. The molecular formula is C100H124N2O26. The van der Waals surface area contributed by atoms with Gasteiger partial charge in [-0.05, 0) is 115 Å². The number of amides is 2. The zero-order valence-electron chi connectivity index (χ0n) is 74.5. The van der Waals surface area contributed by atoms with Gasteiger partial charge in [-0.3, -0.25) is 9.59 Å². The zero-order chi connectivity index (χ0) is 89.5. The summed E-state index contributed by atoms with van der Waals surface area (Å²) in [5.41, 5.74) is 13.2. The first-order valence-corrected chi connectivity index (χ1v) is 43.6. The number of primary amides is 1. The fourth-order valence-corrected chi connectivity index (χ4v) is 15.4. The van der Waals surface area contributed by atoms with E-state index in [4.69, 9.17) is 119 Å². The van der Waals surface area contributed by atoms with Gasteiger partial charge in [-0.15, -0.1) is 0 Å². The Balaban J connectivity index is 1.04. The lowest BCUT2D eigenvalue weighted by molar-refractivity contribution is -0.154. The van der Waals surface area contributed by atoms with E-state index in [1.165, 1.54) is 0 Å². The molecule has 0 fully saturated rings. The van der Waals surface area contributed by atoms with Crippen LogP contribution in [0.5, 0.6) is 17.2 Å². The molecule has 4 aliphatic rings. The minimum atomic E-state index is -1.73. The molecule has 28 heteroatoms. The summed E-state index contributed by atoms with van der Waals surface area (Å²) in [6.45, 7) is 10.2. The van der Waals surface area contributed by atoms with Gasteiger partial charge >= 0.3 is 0 Å². The third-order valence-corrected chi connectivity index (χ3v) is 21.3. The van der Waals surface area contributed by atoms with Gasteiger partial charge in [0.05, 0.1) is 211 Å². The van der Waals surface area contributed by atoms with E-state index >= 15 is 4.79 Å². The molecule has 0 spiro atoms. The van der Waals surface area contributed by atoms with Crippen LogP contribution in [0, 0.1) is 11.8 Å². The number of carbonyl (C=O) groups excluding carboxylic acids is 2. The van der Waals surface area contributed by atoms with Crippen molar-refractivity contribution in [2.45, 2.75) is 23.0 Å². The molecule has 8 aromatic carbocycles. The van der Waals surface area contributed by atoms with Gasteiger partial charge < -0.3 is 125 Å². The lowest BCUT2D eigenvalue weighted by atomic mass is 9.51. The Morgan fingerprint density at radius 1 is 0.391 bits per heavy atom. The van der Waals surface area contributed by atoms with Crippen LogP contribution in [-0.2, 0) is 115 Å². The normalized spacial score (nSPS) is 16.2. The first-order chi connectivity index (χ1) is 63.1. The van der Waals surface area contributed by atoms with Gasteiger partial charge in [-0.1, -0.05) is 139 Å². The molecular weight excluding hydrogens is 1650 g/mol. The smallest absolute Gasteiger partial charge is 0.255 e. The van der Waals surface area contributed by atoms with Gasteiger partial charge in [0.2, 0.25) is 11.7 Å². The molecule has 0 saturated carbocycles. The lowest BCUT2D eigenvalue weighted by Crippen LogP contribution is -2.49. The van der Waals surface area contributed by atoms with Crippen molar-refractivity contribution < 1.29 is 123 Å². The van der Waals surface area contributed by atoms with Crippen molar-refractivity contribution in [3.8, 4) is 29.1 Å². The van der Waals surface area contributed by atoms with E-state index in [1.807, 2.05) is 36.4 Å². The van der Waals surface area contributed by atoms with Gasteiger partial charge in [0, 0.05) is 76.5 Å². The molecule has 0 saturated heterocycles. The molecule has 690 valence electrons. The summed E-state index contributed by atoms with van der Waals surface area (Å²) in [5, 5.41) is 7.32. The summed E-state index contributed by atoms with van der Waals surface area (Å²) in [7, 11) is 9.72. The largest absolute Gasteiger partial charge is 0.492 e. The van der Waals surface area contributed by atoms with Gasteiger partial charge in [0.1, 0.15) is 43.7 Å². The van der Waals surface area contributed by atoms with E-state index in [0.29, 0.717) is 156 Å². The van der Waals surface area contributed by atoms with E-state index in [9.17, 15) is 4.79 Å². The lowest BCUT2D eigenvalue weighted by Gasteiger charge is -2.50. The number of rotatable bonds is 66. The van der Waals surface area contributed by atoms with Crippen molar-refractivity contribution in [3.63, 3.8) is 0 Å². The molecule has 0 radical (unpaired) electrons. The van der Waals surface area contributed by atoms with Gasteiger partial charge in [-0.25, -0.2) is 0 Å². The van der Waals surface area contributed by atoms with Gasteiger partial charge in [-0.2, -0.15) is 0 Å². The molecule has 12 rings (SSSR count). The Morgan fingerprint density at radius 2 is 0.773 bits per heavy atom. The molecule has 2 bridgehead atoms. The zero-order valence-corrected chi connectivity index (χ0v) is 74.5. The number of benzene rings is 8. The Morgan fingerprint density at radius 3 is 1.23 bits per heavy atom. The van der Waals surface area contributed by atoms with Gasteiger partial charge in [0.15, 0.2) is 17.1 Å². The summed E-state index contributed by atoms with van der Waals surface area (Å²) < 4.78 is 142. The van der Waals surface area contributed by atoms with E-state index in [-0.39, 0.29) is 139 Å². The Kier molecular flexibility index (Phi) is 42.9. The van der Waals surface area contributed by atoms with E-state index < -0.39 is 28.9 Å². The third kappa shape index (κ3) is 27.7. The van der Waals surface area contributed by atoms with Crippen LogP contribution in [0.15, 0.2) is 187 Å². The van der Waals surface area contributed by atoms with Crippen molar-refractivity contribution in [2.24, 2.45) is 5.73 Å². The predicted molar refractivity (Wildman–Crippen MR) is 484 cm³/mol. The third-order valence-electron chi connectivity index (χ3n) is 21.3. The number of ether oxygens (including phenoxy) is 24. The highest BCUT2D eigenvalue weighted by Gasteiger charge is 2.55. The van der Waals surface area contributed by atoms with Crippen LogP contribution in [0.3, 0.4) is 0 Å². The first kappa shape index (κ1) is 99.0. The average Bonchev–Trinajstić information content (AvgIpc) is 0.666. The quantitative estimate of drug-likeness (QED) is 0.0203. The molecule has 8 aromatic rings. The Bertz CT molecular complexity index is 4710. The van der Waals surface area contributed by atoms with Gasteiger partial charge in [0.25, 0.3) is 5.91 Å². The van der Waals surface area contributed by atoms with Crippen molar-refractivity contribution in [1.29, 1.82) is 0 Å².